The van der Waals surface area contributed by atoms with Gasteiger partial charge in [-0.3, -0.25) is 0 Å². The van der Waals surface area contributed by atoms with E-state index in [0.29, 0.717) is 6.04 Å². The highest BCUT2D eigenvalue weighted by Crippen LogP contribution is 2.27. The zero-order valence-corrected chi connectivity index (χ0v) is 13.6. The first kappa shape index (κ1) is 15.4. The highest BCUT2D eigenvalue weighted by Gasteiger charge is 2.20. The Morgan fingerprint density at radius 1 is 1.15 bits per heavy atom. The van der Waals surface area contributed by atoms with Crippen LogP contribution < -0.4 is 10.2 Å². The lowest BCUT2D eigenvalue weighted by molar-refractivity contribution is 0.424. The molecule has 1 aromatic carbocycles. The summed E-state index contributed by atoms with van der Waals surface area (Å²) in [5, 5.41) is 3.62. The molecule has 0 saturated carbocycles. The summed E-state index contributed by atoms with van der Waals surface area (Å²) in [4.78, 5) is 2.62. The number of benzene rings is 1. The van der Waals surface area contributed by atoms with Gasteiger partial charge in [0.05, 0.1) is 0 Å². The van der Waals surface area contributed by atoms with Gasteiger partial charge in [0.15, 0.2) is 0 Å². The van der Waals surface area contributed by atoms with Gasteiger partial charge >= 0.3 is 0 Å². The summed E-state index contributed by atoms with van der Waals surface area (Å²) in [5.41, 5.74) is 3.02. The van der Waals surface area contributed by atoms with Gasteiger partial charge in [-0.1, -0.05) is 31.0 Å². The Morgan fingerprint density at radius 3 is 2.65 bits per heavy atom. The molecule has 0 aliphatic carbocycles. The molecule has 1 fully saturated rings. The van der Waals surface area contributed by atoms with E-state index in [1.54, 1.807) is 0 Å². The fraction of sp³-hybridized carbons (Fsp3) is 0.667. The molecule has 1 aromatic rings. The first-order chi connectivity index (χ1) is 9.47. The van der Waals surface area contributed by atoms with E-state index in [9.17, 15) is 0 Å². The van der Waals surface area contributed by atoms with Crippen molar-refractivity contribution in [2.75, 3.05) is 11.4 Å². The smallest absolute Gasteiger partial charge is 0.0414 e. The molecule has 1 saturated heterocycles. The number of para-hydroxylation sites is 1. The number of rotatable bonds is 3. The van der Waals surface area contributed by atoms with Gasteiger partial charge in [0.25, 0.3) is 0 Å². The van der Waals surface area contributed by atoms with E-state index in [-0.39, 0.29) is 5.54 Å². The maximum absolute atomic E-state index is 3.62. The maximum Gasteiger partial charge on any atom is 0.0414 e. The number of hydrogen-bond donors (Lipinski definition) is 1. The van der Waals surface area contributed by atoms with Gasteiger partial charge in [-0.05, 0) is 52.2 Å². The summed E-state index contributed by atoms with van der Waals surface area (Å²) in [6.07, 6.45) is 5.40. The average molecular weight is 274 g/mol. The minimum atomic E-state index is 0.164. The fourth-order valence-electron chi connectivity index (χ4n) is 2.93. The molecular formula is C18H30N2. The van der Waals surface area contributed by atoms with Crippen molar-refractivity contribution in [3.63, 3.8) is 0 Å². The second-order valence-corrected chi connectivity index (χ2v) is 7.12. The monoisotopic (exact) mass is 274 g/mol. The number of nitrogens with one attached hydrogen (secondary N) is 1. The highest BCUT2D eigenvalue weighted by molar-refractivity contribution is 5.54. The van der Waals surface area contributed by atoms with E-state index in [1.807, 2.05) is 0 Å². The molecule has 1 aliphatic heterocycles. The van der Waals surface area contributed by atoms with Gasteiger partial charge in [-0.25, -0.2) is 0 Å². The molecule has 0 radical (unpaired) electrons. The first-order valence-corrected chi connectivity index (χ1v) is 8.07. The molecule has 0 spiro atoms. The van der Waals surface area contributed by atoms with E-state index in [2.05, 4.69) is 62.2 Å². The van der Waals surface area contributed by atoms with E-state index < -0.39 is 0 Å². The number of hydrogen-bond acceptors (Lipinski definition) is 2. The Balaban J connectivity index is 2.17. The lowest BCUT2D eigenvalue weighted by Gasteiger charge is -2.32. The van der Waals surface area contributed by atoms with Crippen molar-refractivity contribution >= 4 is 5.69 Å². The van der Waals surface area contributed by atoms with Gasteiger partial charge in [-0.15, -0.1) is 0 Å². The van der Waals surface area contributed by atoms with Crippen LogP contribution in [-0.4, -0.2) is 18.1 Å². The van der Waals surface area contributed by atoms with Crippen molar-refractivity contribution in [2.24, 2.45) is 0 Å². The standard InChI is InChI=1S/C18H30N2/c1-15-10-6-5-9-13-20(15)17-12-8-7-11-16(17)14-19-18(2,3)4/h7-8,11-12,15,19H,5-6,9-10,13-14H2,1-4H3. The molecule has 1 aliphatic rings. The van der Waals surface area contributed by atoms with Crippen molar-refractivity contribution < 1.29 is 0 Å². The Kier molecular flexibility index (Phi) is 5.09. The van der Waals surface area contributed by atoms with Crippen LogP contribution in [0.15, 0.2) is 24.3 Å². The van der Waals surface area contributed by atoms with E-state index >= 15 is 0 Å². The minimum Gasteiger partial charge on any atom is -0.369 e. The van der Waals surface area contributed by atoms with Crippen molar-refractivity contribution in [1.82, 2.24) is 5.32 Å². The molecule has 2 nitrogen and oxygen atoms in total. The van der Waals surface area contributed by atoms with Crippen molar-refractivity contribution in [3.05, 3.63) is 29.8 Å². The van der Waals surface area contributed by atoms with Crippen LogP contribution in [0.25, 0.3) is 0 Å². The van der Waals surface area contributed by atoms with E-state index in [4.69, 9.17) is 0 Å². The zero-order valence-electron chi connectivity index (χ0n) is 13.6. The predicted octanol–water partition coefficient (Wildman–Crippen LogP) is 4.34. The van der Waals surface area contributed by atoms with Crippen LogP contribution in [0.3, 0.4) is 0 Å². The summed E-state index contributed by atoms with van der Waals surface area (Å²) >= 11 is 0. The van der Waals surface area contributed by atoms with Crippen molar-refractivity contribution in [1.29, 1.82) is 0 Å². The zero-order chi connectivity index (χ0) is 14.6. The van der Waals surface area contributed by atoms with Crippen LogP contribution in [0.5, 0.6) is 0 Å². The molecule has 1 N–H and O–H groups in total. The molecular weight excluding hydrogens is 244 g/mol. The first-order valence-electron chi connectivity index (χ1n) is 8.07. The Hall–Kier alpha value is -1.02. The molecule has 0 amide bonds. The third-order valence-electron chi connectivity index (χ3n) is 4.16. The minimum absolute atomic E-state index is 0.164. The van der Waals surface area contributed by atoms with Crippen molar-refractivity contribution in [2.45, 2.75) is 71.5 Å². The highest BCUT2D eigenvalue weighted by atomic mass is 15.2. The molecule has 112 valence electrons. The lowest BCUT2D eigenvalue weighted by Crippen LogP contribution is -2.37. The maximum atomic E-state index is 3.62. The summed E-state index contributed by atoms with van der Waals surface area (Å²) in [6.45, 7) is 11.2. The van der Waals surface area contributed by atoms with Crippen LogP contribution in [-0.2, 0) is 6.54 Å². The van der Waals surface area contributed by atoms with E-state index in [0.717, 1.165) is 6.54 Å². The van der Waals surface area contributed by atoms with E-state index in [1.165, 1.54) is 43.5 Å². The fourth-order valence-corrected chi connectivity index (χ4v) is 2.93. The third-order valence-corrected chi connectivity index (χ3v) is 4.16. The predicted molar refractivity (Wildman–Crippen MR) is 88.3 cm³/mol. The van der Waals surface area contributed by atoms with Gasteiger partial charge in [0.2, 0.25) is 0 Å². The summed E-state index contributed by atoms with van der Waals surface area (Å²) < 4.78 is 0. The van der Waals surface area contributed by atoms with Gasteiger partial charge in [-0.2, -0.15) is 0 Å². The Labute approximate surface area is 124 Å². The van der Waals surface area contributed by atoms with Gasteiger partial charge in [0, 0.05) is 30.4 Å². The third kappa shape index (κ3) is 4.24. The molecule has 0 bridgehead atoms. The van der Waals surface area contributed by atoms with Crippen LogP contribution in [0, 0.1) is 0 Å². The van der Waals surface area contributed by atoms with Crippen LogP contribution in [0.4, 0.5) is 5.69 Å². The normalized spacial score (nSPS) is 20.8. The van der Waals surface area contributed by atoms with Crippen LogP contribution >= 0.6 is 0 Å². The van der Waals surface area contributed by atoms with Crippen LogP contribution in [0.1, 0.15) is 58.9 Å². The molecule has 1 unspecified atom stereocenters. The summed E-state index contributed by atoms with van der Waals surface area (Å²) in [6, 6.07) is 9.56. The molecule has 0 aromatic heterocycles. The number of nitrogens with zero attached hydrogens (tertiary/aromatic N) is 1. The second-order valence-electron chi connectivity index (χ2n) is 7.12. The van der Waals surface area contributed by atoms with Crippen LogP contribution in [0.2, 0.25) is 0 Å². The largest absolute Gasteiger partial charge is 0.369 e. The topological polar surface area (TPSA) is 15.3 Å². The second kappa shape index (κ2) is 6.62. The Bertz CT molecular complexity index is 420. The Morgan fingerprint density at radius 2 is 1.90 bits per heavy atom. The number of anilines is 1. The summed E-state index contributed by atoms with van der Waals surface area (Å²) in [7, 11) is 0. The van der Waals surface area contributed by atoms with Gasteiger partial charge < -0.3 is 10.2 Å². The lowest BCUT2D eigenvalue weighted by atomic mass is 10.1. The summed E-state index contributed by atoms with van der Waals surface area (Å²) in [5.74, 6) is 0. The van der Waals surface area contributed by atoms with Gasteiger partial charge in [0.1, 0.15) is 0 Å². The average Bonchev–Trinajstić information content (AvgIpc) is 2.61. The molecule has 1 atom stereocenters. The molecule has 2 rings (SSSR count). The van der Waals surface area contributed by atoms with Crippen molar-refractivity contribution in [3.8, 4) is 0 Å². The SMILES string of the molecule is CC1CCCCCN1c1ccccc1CNC(C)(C)C. The molecule has 2 heteroatoms. The molecule has 20 heavy (non-hydrogen) atoms. The molecule has 1 heterocycles. The quantitative estimate of drug-likeness (QED) is 0.882.